The van der Waals surface area contributed by atoms with E-state index < -0.39 is 5.60 Å². The van der Waals surface area contributed by atoms with Crippen molar-refractivity contribution in [2.75, 3.05) is 0 Å². The van der Waals surface area contributed by atoms with Gasteiger partial charge < -0.3 is 5.11 Å². The molecule has 1 aromatic carbocycles. The maximum atomic E-state index is 10.0. The van der Waals surface area contributed by atoms with E-state index in [1.807, 2.05) is 41.5 Å². The minimum atomic E-state index is -0.804. The molecule has 3 heterocycles. The van der Waals surface area contributed by atoms with Crippen molar-refractivity contribution in [1.29, 1.82) is 0 Å². The molecule has 0 atom stereocenters. The summed E-state index contributed by atoms with van der Waals surface area (Å²) in [6, 6.07) is 10.1. The molecular weight excluding hydrogens is 300 g/mol. The van der Waals surface area contributed by atoms with Gasteiger partial charge >= 0.3 is 0 Å². The SMILES string of the molecule is CC(C)(O)Cn1ncc2cc(-c3cncc4cccnc34)ccc21. The normalized spacial score (nSPS) is 12.1. The molecule has 4 rings (SSSR count). The van der Waals surface area contributed by atoms with Crippen molar-refractivity contribution < 1.29 is 5.11 Å². The number of hydrogen-bond acceptors (Lipinski definition) is 4. The average Bonchev–Trinajstić information content (AvgIpc) is 2.95. The van der Waals surface area contributed by atoms with Gasteiger partial charge in [-0.15, -0.1) is 0 Å². The molecule has 120 valence electrons. The van der Waals surface area contributed by atoms with Crippen LogP contribution in [0.25, 0.3) is 32.9 Å². The second kappa shape index (κ2) is 5.39. The maximum Gasteiger partial charge on any atom is 0.0811 e. The first-order valence-electron chi connectivity index (χ1n) is 7.88. The number of rotatable bonds is 3. The zero-order valence-electron chi connectivity index (χ0n) is 13.6. The smallest absolute Gasteiger partial charge is 0.0811 e. The van der Waals surface area contributed by atoms with E-state index in [4.69, 9.17) is 0 Å². The van der Waals surface area contributed by atoms with E-state index >= 15 is 0 Å². The molecule has 0 unspecified atom stereocenters. The predicted octanol–water partition coefficient (Wildman–Crippen LogP) is 3.42. The van der Waals surface area contributed by atoms with E-state index in [-0.39, 0.29) is 0 Å². The highest BCUT2D eigenvalue weighted by Gasteiger charge is 2.16. The van der Waals surface area contributed by atoms with Gasteiger partial charge in [-0.2, -0.15) is 5.10 Å². The fraction of sp³-hybridized carbons (Fsp3) is 0.211. The van der Waals surface area contributed by atoms with Gasteiger partial charge in [0.15, 0.2) is 0 Å². The Labute approximate surface area is 139 Å². The lowest BCUT2D eigenvalue weighted by Gasteiger charge is -2.17. The Morgan fingerprint density at radius 2 is 1.96 bits per heavy atom. The second-order valence-electron chi connectivity index (χ2n) is 6.65. The summed E-state index contributed by atoms with van der Waals surface area (Å²) in [6.45, 7) is 4.01. The molecule has 1 N–H and O–H groups in total. The molecule has 3 aromatic heterocycles. The van der Waals surface area contributed by atoms with E-state index in [1.165, 1.54) is 0 Å². The van der Waals surface area contributed by atoms with E-state index in [2.05, 4.69) is 27.2 Å². The summed E-state index contributed by atoms with van der Waals surface area (Å²) >= 11 is 0. The van der Waals surface area contributed by atoms with Crippen LogP contribution in [-0.4, -0.2) is 30.5 Å². The highest BCUT2D eigenvalue weighted by molar-refractivity contribution is 5.95. The highest BCUT2D eigenvalue weighted by atomic mass is 16.3. The first kappa shape index (κ1) is 14.8. The Morgan fingerprint density at radius 1 is 1.08 bits per heavy atom. The van der Waals surface area contributed by atoms with Crippen LogP contribution >= 0.6 is 0 Å². The van der Waals surface area contributed by atoms with Gasteiger partial charge in [0.1, 0.15) is 0 Å². The van der Waals surface area contributed by atoms with Crippen molar-refractivity contribution in [1.82, 2.24) is 19.7 Å². The van der Waals surface area contributed by atoms with Gasteiger partial charge in [-0.25, -0.2) is 0 Å². The Morgan fingerprint density at radius 3 is 2.79 bits per heavy atom. The summed E-state index contributed by atoms with van der Waals surface area (Å²) in [5.41, 5.74) is 3.20. The number of fused-ring (bicyclic) bond motifs is 2. The zero-order valence-corrected chi connectivity index (χ0v) is 13.6. The molecule has 0 spiro atoms. The van der Waals surface area contributed by atoms with Gasteiger partial charge in [-0.05, 0) is 43.7 Å². The van der Waals surface area contributed by atoms with Crippen LogP contribution in [0.1, 0.15) is 13.8 Å². The van der Waals surface area contributed by atoms with Gasteiger partial charge in [0.05, 0.1) is 29.4 Å². The minimum Gasteiger partial charge on any atom is -0.389 e. The number of benzene rings is 1. The van der Waals surface area contributed by atoms with Crippen molar-refractivity contribution in [2.45, 2.75) is 26.0 Å². The third-order valence-electron chi connectivity index (χ3n) is 4.00. The van der Waals surface area contributed by atoms with Gasteiger partial charge in [0, 0.05) is 34.9 Å². The third kappa shape index (κ3) is 2.63. The van der Waals surface area contributed by atoms with Crippen molar-refractivity contribution >= 4 is 21.8 Å². The first-order chi connectivity index (χ1) is 11.5. The molecule has 0 aliphatic rings. The fourth-order valence-corrected chi connectivity index (χ4v) is 2.96. The summed E-state index contributed by atoms with van der Waals surface area (Å²) < 4.78 is 1.83. The molecule has 0 saturated heterocycles. The lowest BCUT2D eigenvalue weighted by Crippen LogP contribution is -2.26. The molecular formula is C19H18N4O. The Bertz CT molecular complexity index is 1030. The van der Waals surface area contributed by atoms with Gasteiger partial charge in [0.2, 0.25) is 0 Å². The fourth-order valence-electron chi connectivity index (χ4n) is 2.96. The number of hydrogen-bond donors (Lipinski definition) is 1. The summed E-state index contributed by atoms with van der Waals surface area (Å²) in [5, 5.41) is 16.5. The molecule has 0 bridgehead atoms. The van der Waals surface area contributed by atoms with Crippen molar-refractivity contribution in [2.24, 2.45) is 0 Å². The van der Waals surface area contributed by atoms with Crippen molar-refractivity contribution in [3.05, 3.63) is 55.1 Å². The third-order valence-corrected chi connectivity index (χ3v) is 4.00. The standard InChI is InChI=1S/C19H18N4O/c1-19(2,24)12-23-17-6-5-13(8-15(17)10-22-23)16-11-20-9-14-4-3-7-21-18(14)16/h3-11,24H,12H2,1-2H3. The molecule has 5 nitrogen and oxygen atoms in total. The van der Waals surface area contributed by atoms with Crippen molar-refractivity contribution in [3.8, 4) is 11.1 Å². The summed E-state index contributed by atoms with van der Waals surface area (Å²) in [4.78, 5) is 8.83. The van der Waals surface area contributed by atoms with Gasteiger partial charge in [-0.3, -0.25) is 14.6 Å². The van der Waals surface area contributed by atoms with E-state index in [1.54, 1.807) is 20.0 Å². The van der Waals surface area contributed by atoms with Crippen LogP contribution in [0.3, 0.4) is 0 Å². The van der Waals surface area contributed by atoms with E-state index in [9.17, 15) is 5.11 Å². The lowest BCUT2D eigenvalue weighted by molar-refractivity contribution is 0.0591. The Balaban J connectivity index is 1.84. The van der Waals surface area contributed by atoms with Crippen molar-refractivity contribution in [3.63, 3.8) is 0 Å². The molecule has 0 fully saturated rings. The summed E-state index contributed by atoms with van der Waals surface area (Å²) in [5.74, 6) is 0. The van der Waals surface area contributed by atoms with Crippen LogP contribution in [0.15, 0.2) is 55.1 Å². The van der Waals surface area contributed by atoms with Crippen LogP contribution in [0.2, 0.25) is 0 Å². The summed E-state index contributed by atoms with van der Waals surface area (Å²) in [6.07, 6.45) is 7.30. The quantitative estimate of drug-likeness (QED) is 0.628. The highest BCUT2D eigenvalue weighted by Crippen LogP contribution is 2.29. The molecule has 0 amide bonds. The van der Waals surface area contributed by atoms with Crippen LogP contribution < -0.4 is 0 Å². The maximum absolute atomic E-state index is 10.0. The number of aliphatic hydroxyl groups is 1. The Kier molecular flexibility index (Phi) is 3.32. The van der Waals surface area contributed by atoms with Crippen LogP contribution in [0, 0.1) is 0 Å². The zero-order chi connectivity index (χ0) is 16.7. The average molecular weight is 318 g/mol. The predicted molar refractivity (Wildman–Crippen MR) is 94.6 cm³/mol. The molecule has 4 aromatic rings. The lowest BCUT2D eigenvalue weighted by atomic mass is 10.0. The topological polar surface area (TPSA) is 63.8 Å². The van der Waals surface area contributed by atoms with Crippen LogP contribution in [0.4, 0.5) is 0 Å². The Hall–Kier alpha value is -2.79. The monoisotopic (exact) mass is 318 g/mol. The molecule has 24 heavy (non-hydrogen) atoms. The van der Waals surface area contributed by atoms with Gasteiger partial charge in [-0.1, -0.05) is 6.07 Å². The minimum absolute atomic E-state index is 0.452. The number of nitrogens with zero attached hydrogens (tertiary/aromatic N) is 4. The molecule has 5 heteroatoms. The first-order valence-corrected chi connectivity index (χ1v) is 7.88. The van der Waals surface area contributed by atoms with Crippen LogP contribution in [0.5, 0.6) is 0 Å². The van der Waals surface area contributed by atoms with E-state index in [0.29, 0.717) is 6.54 Å². The van der Waals surface area contributed by atoms with Crippen LogP contribution in [-0.2, 0) is 6.54 Å². The van der Waals surface area contributed by atoms with E-state index in [0.717, 1.165) is 32.9 Å². The van der Waals surface area contributed by atoms with Gasteiger partial charge in [0.25, 0.3) is 0 Å². The summed E-state index contributed by atoms with van der Waals surface area (Å²) in [7, 11) is 0. The largest absolute Gasteiger partial charge is 0.389 e. The molecule has 0 aliphatic heterocycles. The molecule has 0 saturated carbocycles. The number of aromatic nitrogens is 4. The number of pyridine rings is 2. The molecule has 0 aliphatic carbocycles. The second-order valence-corrected chi connectivity index (χ2v) is 6.65. The molecule has 0 radical (unpaired) electrons.